The number of hydrogen-bond donors (Lipinski definition) is 2. The van der Waals surface area contributed by atoms with E-state index in [4.69, 9.17) is 10.8 Å². The van der Waals surface area contributed by atoms with Gasteiger partial charge in [0.2, 0.25) is 5.69 Å². The van der Waals surface area contributed by atoms with Crippen molar-refractivity contribution in [2.45, 2.75) is 6.17 Å². The topological polar surface area (TPSA) is 98.2 Å². The summed E-state index contributed by atoms with van der Waals surface area (Å²) in [5.41, 5.74) is 5.33. The number of nitrogens with zero attached hydrogens (tertiary/aromatic N) is 2. The molecule has 0 radical (unpaired) electrons. The number of para-hydroxylation sites is 2. The van der Waals surface area contributed by atoms with Gasteiger partial charge in [-0.05, 0) is 12.1 Å². The molecule has 1 unspecified atom stereocenters. The highest BCUT2D eigenvalue weighted by Gasteiger charge is 2.18. The molecule has 1 aromatic carbocycles. The largest absolute Gasteiger partial charge is 0.476 e. The fourth-order valence-electron chi connectivity index (χ4n) is 1.69. The zero-order valence-electron chi connectivity index (χ0n) is 9.41. The lowest BCUT2D eigenvalue weighted by molar-refractivity contribution is 0.0688. The summed E-state index contributed by atoms with van der Waals surface area (Å²) in [6, 6.07) is 6.69. The number of carboxylic acid groups (broad SMARTS) is 1. The summed E-state index contributed by atoms with van der Waals surface area (Å²) in [6.07, 6.45) is 0.558. The standard InChI is InChI=1S/C12H11N3O3/c1-2-9(13)15-8-6-4-3-5-7(8)14-10(11(15)16)12(17)18/h2-6,9H,1,13H2,(H,17,18). The number of fused-ring (bicyclic) bond motifs is 1. The Labute approximate surface area is 102 Å². The van der Waals surface area contributed by atoms with Crippen LogP contribution in [0.1, 0.15) is 16.7 Å². The second kappa shape index (κ2) is 4.42. The zero-order chi connectivity index (χ0) is 13.3. The monoisotopic (exact) mass is 245 g/mol. The van der Waals surface area contributed by atoms with Crippen molar-refractivity contribution in [3.63, 3.8) is 0 Å². The Hall–Kier alpha value is -2.47. The van der Waals surface area contributed by atoms with E-state index >= 15 is 0 Å². The van der Waals surface area contributed by atoms with Gasteiger partial charge in [0.25, 0.3) is 5.56 Å². The highest BCUT2D eigenvalue weighted by molar-refractivity contribution is 5.88. The van der Waals surface area contributed by atoms with Crippen LogP contribution in [0.4, 0.5) is 0 Å². The molecular weight excluding hydrogens is 234 g/mol. The van der Waals surface area contributed by atoms with Gasteiger partial charge in [0.1, 0.15) is 6.17 Å². The van der Waals surface area contributed by atoms with Crippen LogP contribution in [0.15, 0.2) is 41.7 Å². The average molecular weight is 245 g/mol. The number of carboxylic acids is 1. The van der Waals surface area contributed by atoms with E-state index in [0.29, 0.717) is 11.0 Å². The van der Waals surface area contributed by atoms with Gasteiger partial charge in [0, 0.05) is 0 Å². The van der Waals surface area contributed by atoms with E-state index in [1.807, 2.05) is 0 Å². The Morgan fingerprint density at radius 3 is 2.78 bits per heavy atom. The molecule has 0 bridgehead atoms. The summed E-state index contributed by atoms with van der Waals surface area (Å²) in [7, 11) is 0. The second-order valence-electron chi connectivity index (χ2n) is 3.66. The second-order valence-corrected chi connectivity index (χ2v) is 3.66. The minimum Gasteiger partial charge on any atom is -0.476 e. The van der Waals surface area contributed by atoms with E-state index in [1.165, 1.54) is 10.6 Å². The summed E-state index contributed by atoms with van der Waals surface area (Å²) >= 11 is 0. The van der Waals surface area contributed by atoms with Gasteiger partial charge in [0.05, 0.1) is 11.0 Å². The van der Waals surface area contributed by atoms with Crippen molar-refractivity contribution in [1.29, 1.82) is 0 Å². The minimum absolute atomic E-state index is 0.395. The molecule has 3 N–H and O–H groups in total. The zero-order valence-corrected chi connectivity index (χ0v) is 9.41. The van der Waals surface area contributed by atoms with E-state index in [2.05, 4.69) is 11.6 Å². The highest BCUT2D eigenvalue weighted by atomic mass is 16.4. The molecule has 0 aliphatic heterocycles. The molecular formula is C12H11N3O3. The van der Waals surface area contributed by atoms with Gasteiger partial charge in [-0.25, -0.2) is 9.78 Å². The van der Waals surface area contributed by atoms with Crippen LogP contribution in [0.3, 0.4) is 0 Å². The van der Waals surface area contributed by atoms with Crippen LogP contribution in [-0.4, -0.2) is 20.6 Å². The molecule has 92 valence electrons. The maximum atomic E-state index is 12.0. The van der Waals surface area contributed by atoms with Crippen molar-refractivity contribution in [1.82, 2.24) is 9.55 Å². The third kappa shape index (κ3) is 1.78. The molecule has 6 nitrogen and oxygen atoms in total. The molecule has 0 saturated heterocycles. The number of aromatic nitrogens is 2. The van der Waals surface area contributed by atoms with Crippen molar-refractivity contribution in [2.24, 2.45) is 5.73 Å². The summed E-state index contributed by atoms with van der Waals surface area (Å²) < 4.78 is 1.17. The molecule has 0 saturated carbocycles. The van der Waals surface area contributed by atoms with E-state index < -0.39 is 23.4 Å². The molecule has 0 aliphatic rings. The number of benzene rings is 1. The molecule has 2 aromatic rings. The SMILES string of the molecule is C=CC(N)n1c(=O)c(C(=O)O)nc2ccccc21. The van der Waals surface area contributed by atoms with Gasteiger partial charge in [-0.15, -0.1) is 0 Å². The molecule has 0 fully saturated rings. The Kier molecular flexibility index (Phi) is 2.95. The fraction of sp³-hybridized carbons (Fsp3) is 0.0833. The first kappa shape index (κ1) is 12.0. The molecule has 1 aromatic heterocycles. The molecule has 0 aliphatic carbocycles. The Morgan fingerprint density at radius 1 is 1.50 bits per heavy atom. The lowest BCUT2D eigenvalue weighted by Crippen LogP contribution is -2.33. The predicted octanol–water partition coefficient (Wildman–Crippen LogP) is 0.738. The van der Waals surface area contributed by atoms with Crippen LogP contribution in [0.25, 0.3) is 11.0 Å². The van der Waals surface area contributed by atoms with E-state index in [-0.39, 0.29) is 0 Å². The van der Waals surface area contributed by atoms with E-state index in [1.54, 1.807) is 24.3 Å². The van der Waals surface area contributed by atoms with Gasteiger partial charge >= 0.3 is 5.97 Å². The van der Waals surface area contributed by atoms with Crippen molar-refractivity contribution < 1.29 is 9.90 Å². The van der Waals surface area contributed by atoms with Crippen molar-refractivity contribution in [3.05, 3.63) is 53.0 Å². The minimum atomic E-state index is -1.38. The van der Waals surface area contributed by atoms with Crippen LogP contribution in [-0.2, 0) is 0 Å². The smallest absolute Gasteiger partial charge is 0.360 e. The Bertz CT molecular complexity index is 691. The third-order valence-corrected chi connectivity index (χ3v) is 2.54. The molecule has 18 heavy (non-hydrogen) atoms. The number of rotatable bonds is 3. The van der Waals surface area contributed by atoms with Crippen molar-refractivity contribution in [3.8, 4) is 0 Å². The van der Waals surface area contributed by atoms with Crippen molar-refractivity contribution in [2.75, 3.05) is 0 Å². The van der Waals surface area contributed by atoms with Crippen LogP contribution in [0.2, 0.25) is 0 Å². The first-order valence-corrected chi connectivity index (χ1v) is 5.19. The van der Waals surface area contributed by atoms with Gasteiger partial charge < -0.3 is 10.8 Å². The summed E-state index contributed by atoms with van der Waals surface area (Å²) in [5, 5.41) is 8.96. The molecule has 0 amide bonds. The first-order chi connectivity index (χ1) is 8.56. The van der Waals surface area contributed by atoms with Crippen molar-refractivity contribution >= 4 is 17.0 Å². The molecule has 6 heteroatoms. The predicted molar refractivity (Wildman–Crippen MR) is 66.4 cm³/mol. The normalized spacial score (nSPS) is 12.3. The Balaban J connectivity index is 2.95. The van der Waals surface area contributed by atoms with Gasteiger partial charge in [-0.2, -0.15) is 0 Å². The molecule has 1 heterocycles. The molecule has 2 rings (SSSR count). The maximum absolute atomic E-state index is 12.0. The van der Waals surface area contributed by atoms with Crippen LogP contribution < -0.4 is 11.3 Å². The fourth-order valence-corrected chi connectivity index (χ4v) is 1.69. The number of aromatic carboxylic acids is 1. The average Bonchev–Trinajstić information content (AvgIpc) is 2.37. The van der Waals surface area contributed by atoms with E-state index in [9.17, 15) is 9.59 Å². The number of carbonyl (C=O) groups is 1. The van der Waals surface area contributed by atoms with Gasteiger partial charge in [-0.1, -0.05) is 24.8 Å². The third-order valence-electron chi connectivity index (χ3n) is 2.54. The van der Waals surface area contributed by atoms with E-state index in [0.717, 1.165) is 0 Å². The lowest BCUT2D eigenvalue weighted by Gasteiger charge is -2.14. The summed E-state index contributed by atoms with van der Waals surface area (Å²) in [4.78, 5) is 26.8. The van der Waals surface area contributed by atoms with Crippen LogP contribution in [0, 0.1) is 0 Å². The molecule has 1 atom stereocenters. The van der Waals surface area contributed by atoms with Crippen LogP contribution in [0.5, 0.6) is 0 Å². The Morgan fingerprint density at radius 2 is 2.17 bits per heavy atom. The quantitative estimate of drug-likeness (QED) is 0.777. The maximum Gasteiger partial charge on any atom is 0.360 e. The van der Waals surface area contributed by atoms with Crippen LogP contribution >= 0.6 is 0 Å². The lowest BCUT2D eigenvalue weighted by atomic mass is 10.2. The summed E-state index contributed by atoms with van der Waals surface area (Å²) in [6.45, 7) is 3.51. The highest BCUT2D eigenvalue weighted by Crippen LogP contribution is 2.13. The van der Waals surface area contributed by atoms with Gasteiger partial charge in [-0.3, -0.25) is 9.36 Å². The first-order valence-electron chi connectivity index (χ1n) is 5.19. The number of hydrogen-bond acceptors (Lipinski definition) is 4. The van der Waals surface area contributed by atoms with Gasteiger partial charge in [0.15, 0.2) is 0 Å². The summed E-state index contributed by atoms with van der Waals surface area (Å²) in [5.74, 6) is -1.38. The molecule has 0 spiro atoms. The number of nitrogens with two attached hydrogens (primary N) is 1.